The summed E-state index contributed by atoms with van der Waals surface area (Å²) >= 11 is 5.99. The van der Waals surface area contributed by atoms with Gasteiger partial charge < -0.3 is 5.32 Å². The molecular weight excluding hydrogens is 451 g/mol. The van der Waals surface area contributed by atoms with E-state index in [4.69, 9.17) is 11.6 Å². The number of benzene rings is 2. The van der Waals surface area contributed by atoms with E-state index in [1.165, 1.54) is 40.1 Å². The molecule has 0 bridgehead atoms. The van der Waals surface area contributed by atoms with Gasteiger partial charge in [0.25, 0.3) is 0 Å². The molecule has 2 aromatic rings. The number of halogens is 2. The minimum Gasteiger partial charge on any atom is -0.349 e. The number of nitrogens with one attached hydrogen (secondary N) is 1. The molecule has 1 fully saturated rings. The number of amides is 1. The van der Waals surface area contributed by atoms with Crippen LogP contribution < -0.4 is 5.32 Å². The standard InChI is InChI=1S/C24H28ClFN2O3S/c1-16(19-9-8-17-4-2-5-20(17)14-19)27-24(29)18-10-12-28(13-11-18)32(30,31)15-21-22(25)6-3-7-23(21)26/h3,6-9,14,16,18H,2,4-5,10-13,15H2,1H3,(H,27,29). The molecule has 1 heterocycles. The van der Waals surface area contributed by atoms with Crippen molar-refractivity contribution < 1.29 is 17.6 Å². The molecule has 1 aliphatic carbocycles. The Labute approximate surface area is 194 Å². The molecule has 8 heteroatoms. The molecule has 2 aromatic carbocycles. The molecule has 1 unspecified atom stereocenters. The van der Waals surface area contributed by atoms with Crippen LogP contribution >= 0.6 is 11.6 Å². The number of hydrogen-bond donors (Lipinski definition) is 1. The van der Waals surface area contributed by atoms with Crippen LogP contribution in [0.15, 0.2) is 36.4 Å². The predicted molar refractivity (Wildman–Crippen MR) is 123 cm³/mol. The van der Waals surface area contributed by atoms with E-state index < -0.39 is 21.6 Å². The summed E-state index contributed by atoms with van der Waals surface area (Å²) in [7, 11) is -3.73. The van der Waals surface area contributed by atoms with Crippen molar-refractivity contribution in [1.29, 1.82) is 0 Å². The summed E-state index contributed by atoms with van der Waals surface area (Å²) in [5, 5.41) is 3.19. The van der Waals surface area contributed by atoms with Crippen molar-refractivity contribution >= 4 is 27.5 Å². The number of rotatable bonds is 6. The van der Waals surface area contributed by atoms with Crippen LogP contribution in [0.4, 0.5) is 4.39 Å². The van der Waals surface area contributed by atoms with Crippen molar-refractivity contribution in [3.63, 3.8) is 0 Å². The second-order valence-electron chi connectivity index (χ2n) is 8.74. The van der Waals surface area contributed by atoms with E-state index in [-0.39, 0.29) is 41.5 Å². The third-order valence-corrected chi connectivity index (χ3v) is 8.75. The Hall–Kier alpha value is -1.96. The molecule has 172 valence electrons. The molecule has 1 atom stereocenters. The predicted octanol–water partition coefficient (Wildman–Crippen LogP) is 4.39. The number of carbonyl (C=O) groups is 1. The van der Waals surface area contributed by atoms with E-state index in [9.17, 15) is 17.6 Å². The molecule has 0 saturated carbocycles. The fraction of sp³-hybridized carbons (Fsp3) is 0.458. The Morgan fingerprint density at radius 2 is 1.91 bits per heavy atom. The zero-order valence-electron chi connectivity index (χ0n) is 18.1. The van der Waals surface area contributed by atoms with Crippen LogP contribution in [-0.2, 0) is 33.4 Å². The molecular formula is C24H28ClFN2O3S. The highest BCUT2D eigenvalue weighted by molar-refractivity contribution is 7.88. The third-order valence-electron chi connectivity index (χ3n) is 6.59. The van der Waals surface area contributed by atoms with Gasteiger partial charge in [0.2, 0.25) is 15.9 Å². The zero-order chi connectivity index (χ0) is 22.9. The van der Waals surface area contributed by atoms with Crippen molar-refractivity contribution in [3.8, 4) is 0 Å². The minimum absolute atomic E-state index is 0.0165. The number of aryl methyl sites for hydroxylation is 2. The maximum atomic E-state index is 14.0. The number of nitrogens with zero attached hydrogens (tertiary/aromatic N) is 1. The van der Waals surface area contributed by atoms with Crippen molar-refractivity contribution in [1.82, 2.24) is 9.62 Å². The van der Waals surface area contributed by atoms with E-state index >= 15 is 0 Å². The molecule has 4 rings (SSSR count). The molecule has 0 radical (unpaired) electrons. The summed E-state index contributed by atoms with van der Waals surface area (Å²) in [6.45, 7) is 2.45. The first-order valence-electron chi connectivity index (χ1n) is 11.1. The van der Waals surface area contributed by atoms with E-state index in [2.05, 4.69) is 23.5 Å². The summed E-state index contributed by atoms with van der Waals surface area (Å²) in [5.74, 6) is -1.40. The average Bonchev–Trinajstić information content (AvgIpc) is 3.24. The van der Waals surface area contributed by atoms with Crippen LogP contribution in [0.1, 0.15) is 54.5 Å². The average molecular weight is 479 g/mol. The van der Waals surface area contributed by atoms with Gasteiger partial charge in [-0.25, -0.2) is 17.1 Å². The fourth-order valence-corrected chi connectivity index (χ4v) is 6.53. The molecule has 1 amide bonds. The van der Waals surface area contributed by atoms with Crippen LogP contribution in [0.5, 0.6) is 0 Å². The van der Waals surface area contributed by atoms with Gasteiger partial charge in [0.15, 0.2) is 0 Å². The second-order valence-corrected chi connectivity index (χ2v) is 11.1. The van der Waals surface area contributed by atoms with Gasteiger partial charge in [-0.1, -0.05) is 35.9 Å². The van der Waals surface area contributed by atoms with E-state index in [1.807, 2.05) is 6.92 Å². The highest BCUT2D eigenvalue weighted by atomic mass is 35.5. The smallest absolute Gasteiger partial charge is 0.223 e. The van der Waals surface area contributed by atoms with Crippen LogP contribution in [0.3, 0.4) is 0 Å². The van der Waals surface area contributed by atoms with E-state index in [0.717, 1.165) is 18.4 Å². The summed E-state index contributed by atoms with van der Waals surface area (Å²) < 4.78 is 41.0. The van der Waals surface area contributed by atoms with Gasteiger partial charge in [0.05, 0.1) is 11.8 Å². The third kappa shape index (κ3) is 5.00. The molecule has 5 nitrogen and oxygen atoms in total. The molecule has 32 heavy (non-hydrogen) atoms. The lowest BCUT2D eigenvalue weighted by atomic mass is 9.96. The molecule has 0 spiro atoms. The lowest BCUT2D eigenvalue weighted by molar-refractivity contribution is -0.126. The number of carbonyl (C=O) groups excluding carboxylic acids is 1. The summed E-state index contributed by atoms with van der Waals surface area (Å²) in [4.78, 5) is 12.8. The van der Waals surface area contributed by atoms with Gasteiger partial charge in [-0.05, 0) is 67.9 Å². The first-order chi connectivity index (χ1) is 15.2. The quantitative estimate of drug-likeness (QED) is 0.669. The van der Waals surface area contributed by atoms with Crippen LogP contribution in [0, 0.1) is 11.7 Å². The Kier molecular flexibility index (Phi) is 6.89. The van der Waals surface area contributed by atoms with Crippen molar-refractivity contribution in [2.45, 2.75) is 50.8 Å². The lowest BCUT2D eigenvalue weighted by Gasteiger charge is -2.31. The van der Waals surface area contributed by atoms with Crippen molar-refractivity contribution in [3.05, 3.63) is 69.5 Å². The molecule has 1 aliphatic heterocycles. The minimum atomic E-state index is -3.73. The molecule has 2 aliphatic rings. The first kappa shape index (κ1) is 23.2. The van der Waals surface area contributed by atoms with Crippen LogP contribution in [0.25, 0.3) is 0 Å². The molecule has 1 saturated heterocycles. The van der Waals surface area contributed by atoms with Gasteiger partial charge in [-0.15, -0.1) is 0 Å². The Morgan fingerprint density at radius 3 is 2.62 bits per heavy atom. The maximum absolute atomic E-state index is 14.0. The van der Waals surface area contributed by atoms with Gasteiger partial charge in [0.1, 0.15) is 5.82 Å². The summed E-state index contributed by atoms with van der Waals surface area (Å²) in [5.41, 5.74) is 3.85. The summed E-state index contributed by atoms with van der Waals surface area (Å²) in [6.07, 6.45) is 4.28. The number of hydrogen-bond acceptors (Lipinski definition) is 3. The number of sulfonamides is 1. The van der Waals surface area contributed by atoms with Crippen molar-refractivity contribution in [2.24, 2.45) is 5.92 Å². The van der Waals surface area contributed by atoms with E-state index in [1.54, 1.807) is 0 Å². The highest BCUT2D eigenvalue weighted by Crippen LogP contribution is 2.28. The van der Waals surface area contributed by atoms with Gasteiger partial charge >= 0.3 is 0 Å². The van der Waals surface area contributed by atoms with Gasteiger partial charge in [0, 0.05) is 29.6 Å². The topological polar surface area (TPSA) is 66.5 Å². The normalized spacial score (nSPS) is 18.3. The highest BCUT2D eigenvalue weighted by Gasteiger charge is 2.32. The SMILES string of the molecule is CC(NC(=O)C1CCN(S(=O)(=O)Cc2c(F)cccc2Cl)CC1)c1ccc2c(c1)CCC2. The first-order valence-corrected chi connectivity index (χ1v) is 13.1. The lowest BCUT2D eigenvalue weighted by Crippen LogP contribution is -2.43. The number of fused-ring (bicyclic) bond motifs is 1. The maximum Gasteiger partial charge on any atom is 0.223 e. The monoisotopic (exact) mass is 478 g/mol. The molecule has 1 N–H and O–H groups in total. The van der Waals surface area contributed by atoms with Crippen molar-refractivity contribution in [2.75, 3.05) is 13.1 Å². The van der Waals surface area contributed by atoms with Crippen LogP contribution in [0.2, 0.25) is 5.02 Å². The fourth-order valence-electron chi connectivity index (χ4n) is 4.62. The number of piperidine rings is 1. The zero-order valence-corrected chi connectivity index (χ0v) is 19.7. The van der Waals surface area contributed by atoms with Gasteiger partial charge in [-0.2, -0.15) is 0 Å². The Bertz CT molecular complexity index is 1090. The molecule has 0 aromatic heterocycles. The van der Waals surface area contributed by atoms with E-state index in [0.29, 0.717) is 12.8 Å². The Balaban J connectivity index is 1.33. The second kappa shape index (κ2) is 9.49. The van der Waals surface area contributed by atoms with Crippen LogP contribution in [-0.4, -0.2) is 31.7 Å². The van der Waals surface area contributed by atoms with Gasteiger partial charge in [-0.3, -0.25) is 4.79 Å². The Morgan fingerprint density at radius 1 is 1.19 bits per heavy atom. The summed E-state index contributed by atoms with van der Waals surface area (Å²) in [6, 6.07) is 10.5. The largest absolute Gasteiger partial charge is 0.349 e.